The molecule has 0 N–H and O–H groups in total. The molecule has 2 atom stereocenters. The molecule has 0 amide bonds. The Balaban J connectivity index is 1.15. The average molecular weight is 515 g/mol. The highest BCUT2D eigenvalue weighted by Crippen LogP contribution is 2.33. The van der Waals surface area contributed by atoms with Gasteiger partial charge in [0.05, 0.1) is 32.7 Å². The molecule has 192 valence electrons. The van der Waals surface area contributed by atoms with Gasteiger partial charge in [-0.1, -0.05) is 66.2 Å². The molecule has 0 spiro atoms. The van der Waals surface area contributed by atoms with Gasteiger partial charge in [0.1, 0.15) is 5.75 Å². The second-order valence-corrected chi connectivity index (χ2v) is 10.7. The summed E-state index contributed by atoms with van der Waals surface area (Å²) in [5.41, 5.74) is 6.29. The van der Waals surface area contributed by atoms with E-state index in [1.54, 1.807) is 13.3 Å². The topological polar surface area (TPSA) is 45.5 Å². The molecule has 0 aliphatic carbocycles. The lowest BCUT2D eigenvalue weighted by Crippen LogP contribution is -2.37. The van der Waals surface area contributed by atoms with Crippen molar-refractivity contribution in [2.75, 3.05) is 19.5 Å². The summed E-state index contributed by atoms with van der Waals surface area (Å²) < 4.78 is 20.3. The molecule has 37 heavy (non-hydrogen) atoms. The van der Waals surface area contributed by atoms with Gasteiger partial charge in [-0.25, -0.2) is 4.98 Å². The largest absolute Gasteiger partial charge is 0.497 e. The van der Waals surface area contributed by atoms with Crippen LogP contribution in [0.3, 0.4) is 0 Å². The van der Waals surface area contributed by atoms with Crippen LogP contribution in [0.5, 0.6) is 5.75 Å². The molecule has 2 unspecified atom stereocenters. The Bertz CT molecular complexity index is 1240. The van der Waals surface area contributed by atoms with Gasteiger partial charge >= 0.3 is 0 Å². The van der Waals surface area contributed by atoms with Crippen LogP contribution >= 0.6 is 11.8 Å². The van der Waals surface area contributed by atoms with Crippen molar-refractivity contribution in [3.05, 3.63) is 108 Å². The number of rotatable bonds is 11. The fourth-order valence-electron chi connectivity index (χ4n) is 4.62. The molecule has 1 aliphatic rings. The molecule has 5 rings (SSSR count). The van der Waals surface area contributed by atoms with Crippen molar-refractivity contribution in [3.63, 3.8) is 0 Å². The molecule has 0 radical (unpaired) electrons. The Hall–Kier alpha value is -3.06. The first-order valence-electron chi connectivity index (χ1n) is 12.7. The third-order valence-electron chi connectivity index (χ3n) is 6.76. The molecule has 4 aromatic rings. The maximum absolute atomic E-state index is 6.60. The van der Waals surface area contributed by atoms with Crippen molar-refractivity contribution in [1.29, 1.82) is 0 Å². The molecule has 0 bridgehead atoms. The number of aromatic nitrogens is 2. The van der Waals surface area contributed by atoms with Crippen molar-refractivity contribution in [1.82, 2.24) is 9.55 Å². The lowest BCUT2D eigenvalue weighted by molar-refractivity contribution is -0.180. The Morgan fingerprint density at radius 3 is 2.35 bits per heavy atom. The normalized spacial score (nSPS) is 19.2. The molecule has 1 saturated heterocycles. The summed E-state index contributed by atoms with van der Waals surface area (Å²) in [7, 11) is 1.69. The van der Waals surface area contributed by atoms with Crippen LogP contribution < -0.4 is 4.74 Å². The maximum Gasteiger partial charge on any atom is 0.187 e. The monoisotopic (exact) mass is 514 g/mol. The number of ether oxygens (including phenoxy) is 3. The number of benzene rings is 3. The zero-order valence-electron chi connectivity index (χ0n) is 21.5. The van der Waals surface area contributed by atoms with Gasteiger partial charge < -0.3 is 18.8 Å². The van der Waals surface area contributed by atoms with Crippen LogP contribution in [0.15, 0.2) is 91.5 Å². The van der Waals surface area contributed by atoms with Gasteiger partial charge in [-0.05, 0) is 47.7 Å². The van der Waals surface area contributed by atoms with Crippen LogP contribution in [-0.2, 0) is 28.2 Å². The first kappa shape index (κ1) is 25.6. The second kappa shape index (κ2) is 12.0. The summed E-state index contributed by atoms with van der Waals surface area (Å²) in [5, 5.41) is 0. The van der Waals surface area contributed by atoms with Crippen LogP contribution in [0.25, 0.3) is 11.1 Å². The summed E-state index contributed by atoms with van der Waals surface area (Å²) in [6.07, 6.45) is 7.40. The predicted molar refractivity (Wildman–Crippen MR) is 150 cm³/mol. The van der Waals surface area contributed by atoms with E-state index in [1.807, 2.05) is 36.4 Å². The van der Waals surface area contributed by atoms with E-state index in [0.717, 1.165) is 30.1 Å². The van der Waals surface area contributed by atoms with Gasteiger partial charge in [0.2, 0.25) is 0 Å². The molecule has 5 nitrogen and oxygen atoms in total. The Kier molecular flexibility index (Phi) is 8.29. The summed E-state index contributed by atoms with van der Waals surface area (Å²) in [4.78, 5) is 4.20. The van der Waals surface area contributed by atoms with Crippen LogP contribution in [0, 0.1) is 6.92 Å². The summed E-state index contributed by atoms with van der Waals surface area (Å²) in [6, 6.07) is 25.7. The SMILES string of the molecule is COc1ccc(-c2ccc(CSCC3COC(CCc4ccc(C)cc4)(Cn4ccnc4)O3)cc2)cc1. The van der Waals surface area contributed by atoms with E-state index >= 15 is 0 Å². The van der Waals surface area contributed by atoms with Gasteiger partial charge in [0.25, 0.3) is 0 Å². The summed E-state index contributed by atoms with van der Waals surface area (Å²) in [6.45, 7) is 3.38. The van der Waals surface area contributed by atoms with Gasteiger partial charge in [0.15, 0.2) is 5.79 Å². The number of imidazole rings is 1. The molecule has 1 fully saturated rings. The molecule has 3 aromatic carbocycles. The number of thioether (sulfide) groups is 1. The predicted octanol–water partition coefficient (Wildman–Crippen LogP) is 6.55. The molecular weight excluding hydrogens is 480 g/mol. The van der Waals surface area contributed by atoms with E-state index in [-0.39, 0.29) is 6.10 Å². The van der Waals surface area contributed by atoms with Crippen LogP contribution in [0.4, 0.5) is 0 Å². The maximum atomic E-state index is 6.60. The number of aryl methyl sites for hydroxylation is 2. The second-order valence-electron chi connectivity index (χ2n) is 9.62. The molecular formula is C31H34N2O3S. The minimum Gasteiger partial charge on any atom is -0.497 e. The minimum atomic E-state index is -0.628. The number of hydrogen-bond acceptors (Lipinski definition) is 5. The van der Waals surface area contributed by atoms with E-state index in [4.69, 9.17) is 14.2 Å². The Morgan fingerprint density at radius 2 is 1.68 bits per heavy atom. The van der Waals surface area contributed by atoms with E-state index in [1.165, 1.54) is 27.8 Å². The first-order chi connectivity index (χ1) is 18.1. The standard InChI is InChI=1S/C31H34N2O3S/c1-24-3-5-25(6-4-24)15-16-31(22-33-18-17-32-23-33)35-19-30(36-31)21-37-20-26-7-9-27(10-8-26)28-11-13-29(34-2)14-12-28/h3-14,17-18,23,30H,15-16,19-22H2,1-2H3. The van der Waals surface area contributed by atoms with Crippen molar-refractivity contribution in [2.24, 2.45) is 0 Å². The summed E-state index contributed by atoms with van der Waals surface area (Å²) in [5.74, 6) is 2.09. The third-order valence-corrected chi connectivity index (χ3v) is 7.91. The summed E-state index contributed by atoms with van der Waals surface area (Å²) >= 11 is 1.89. The lowest BCUT2D eigenvalue weighted by atomic mass is 10.0. The average Bonchev–Trinajstić information content (AvgIpc) is 3.59. The van der Waals surface area contributed by atoms with Gasteiger partial charge in [-0.15, -0.1) is 0 Å². The van der Waals surface area contributed by atoms with E-state index in [9.17, 15) is 0 Å². The van der Waals surface area contributed by atoms with Crippen molar-refractivity contribution in [2.45, 2.75) is 44.0 Å². The lowest BCUT2D eigenvalue weighted by Gasteiger charge is -2.28. The third kappa shape index (κ3) is 6.83. The fraction of sp³-hybridized carbons (Fsp3) is 0.323. The Morgan fingerprint density at radius 1 is 0.973 bits per heavy atom. The van der Waals surface area contributed by atoms with E-state index in [2.05, 4.69) is 77.1 Å². The molecule has 6 heteroatoms. The van der Waals surface area contributed by atoms with Gasteiger partial charge in [0, 0.05) is 30.3 Å². The Labute approximate surface area is 223 Å². The van der Waals surface area contributed by atoms with Crippen molar-refractivity contribution in [3.8, 4) is 16.9 Å². The zero-order chi connectivity index (χ0) is 25.5. The molecule has 1 aliphatic heterocycles. The fourth-order valence-corrected chi connectivity index (χ4v) is 5.60. The molecule has 0 saturated carbocycles. The number of methoxy groups -OCH3 is 1. The smallest absolute Gasteiger partial charge is 0.187 e. The molecule has 1 aromatic heterocycles. The quantitative estimate of drug-likeness (QED) is 0.227. The van der Waals surface area contributed by atoms with Crippen molar-refractivity contribution < 1.29 is 14.2 Å². The zero-order valence-corrected chi connectivity index (χ0v) is 22.3. The highest BCUT2D eigenvalue weighted by atomic mass is 32.2. The van der Waals surface area contributed by atoms with E-state index < -0.39 is 5.79 Å². The van der Waals surface area contributed by atoms with E-state index in [0.29, 0.717) is 13.2 Å². The van der Waals surface area contributed by atoms with Crippen LogP contribution in [-0.4, -0.2) is 40.9 Å². The van der Waals surface area contributed by atoms with Gasteiger partial charge in [-0.2, -0.15) is 11.8 Å². The molecule has 2 heterocycles. The number of nitrogens with zero attached hydrogens (tertiary/aromatic N) is 2. The van der Waals surface area contributed by atoms with Crippen LogP contribution in [0.1, 0.15) is 23.1 Å². The number of hydrogen-bond donors (Lipinski definition) is 0. The van der Waals surface area contributed by atoms with Gasteiger partial charge in [-0.3, -0.25) is 0 Å². The van der Waals surface area contributed by atoms with Crippen LogP contribution in [0.2, 0.25) is 0 Å². The highest BCUT2D eigenvalue weighted by Gasteiger charge is 2.41. The van der Waals surface area contributed by atoms with Crippen molar-refractivity contribution >= 4 is 11.8 Å². The minimum absolute atomic E-state index is 0.0742. The first-order valence-corrected chi connectivity index (χ1v) is 13.9. The highest BCUT2D eigenvalue weighted by molar-refractivity contribution is 7.98.